The lowest BCUT2D eigenvalue weighted by atomic mass is 9.85. The van der Waals surface area contributed by atoms with Gasteiger partial charge in [-0.15, -0.1) is 0 Å². The smallest absolute Gasteiger partial charge is 0.290 e. The van der Waals surface area contributed by atoms with Crippen molar-refractivity contribution >= 4 is 23.1 Å². The first kappa shape index (κ1) is 29.1. The minimum absolute atomic E-state index is 0.0373. The molecule has 0 saturated carbocycles. The highest BCUT2D eigenvalue weighted by molar-refractivity contribution is 6.05. The zero-order valence-electron chi connectivity index (χ0n) is 24.0. The van der Waals surface area contributed by atoms with Crippen molar-refractivity contribution in [3.05, 3.63) is 58.4 Å². The van der Waals surface area contributed by atoms with Crippen molar-refractivity contribution in [2.24, 2.45) is 11.3 Å². The lowest BCUT2D eigenvalue weighted by Crippen LogP contribution is -2.22. The van der Waals surface area contributed by atoms with Crippen molar-refractivity contribution in [3.8, 4) is 11.5 Å². The Hall–Kier alpha value is -3.48. The van der Waals surface area contributed by atoms with Gasteiger partial charge in [-0.1, -0.05) is 47.6 Å². The van der Waals surface area contributed by atoms with Crippen molar-refractivity contribution in [1.82, 2.24) is 0 Å². The fraction of sp³-hybridized carbons (Fsp3) is 0.484. The lowest BCUT2D eigenvalue weighted by Gasteiger charge is -2.21. The number of hydrogen-bond acceptors (Lipinski definition) is 6. The van der Waals surface area contributed by atoms with E-state index >= 15 is 0 Å². The predicted molar refractivity (Wildman–Crippen MR) is 152 cm³/mol. The van der Waals surface area contributed by atoms with E-state index in [1.165, 1.54) is 0 Å². The molecule has 206 valence electrons. The summed E-state index contributed by atoms with van der Waals surface area (Å²) in [6, 6.07) is 7.58. The first-order valence-electron chi connectivity index (χ1n) is 13.3. The maximum absolute atomic E-state index is 13.2. The molecule has 2 aromatic rings. The Balaban J connectivity index is 1.79. The number of nitrogen functional groups attached to an aromatic ring is 1. The Bertz CT molecular complexity index is 1220. The zero-order chi connectivity index (χ0) is 28.2. The maximum Gasteiger partial charge on any atom is 0.290 e. The van der Waals surface area contributed by atoms with Crippen LogP contribution in [0.1, 0.15) is 75.0 Å². The molecule has 3 rings (SSSR count). The molecule has 1 atom stereocenters. The molecule has 2 aromatic carbocycles. The second-order valence-corrected chi connectivity index (χ2v) is 11.3. The van der Waals surface area contributed by atoms with Gasteiger partial charge in [0, 0.05) is 35.6 Å². The topological polar surface area (TPSA) is 99.9 Å². The third-order valence-electron chi connectivity index (χ3n) is 6.65. The van der Waals surface area contributed by atoms with Crippen molar-refractivity contribution < 1.29 is 23.8 Å². The average molecular weight is 523 g/mol. The highest BCUT2D eigenvalue weighted by atomic mass is 16.5. The van der Waals surface area contributed by atoms with E-state index in [2.05, 4.69) is 32.2 Å². The van der Waals surface area contributed by atoms with E-state index in [0.29, 0.717) is 47.2 Å². The summed E-state index contributed by atoms with van der Waals surface area (Å²) in [5.74, 6) is 1.57. The number of hydrogen-bond donors (Lipinski definition) is 2. The monoisotopic (exact) mass is 522 g/mol. The normalized spacial score (nSPS) is 15.2. The van der Waals surface area contributed by atoms with Crippen LogP contribution in [0.25, 0.3) is 0 Å². The van der Waals surface area contributed by atoms with Crippen LogP contribution in [0.2, 0.25) is 0 Å². The highest BCUT2D eigenvalue weighted by Gasteiger charge is 2.29. The second kappa shape index (κ2) is 11.9. The van der Waals surface area contributed by atoms with Gasteiger partial charge in [0.25, 0.3) is 5.91 Å². The number of ketones is 1. The van der Waals surface area contributed by atoms with Gasteiger partial charge in [-0.2, -0.15) is 0 Å². The summed E-state index contributed by atoms with van der Waals surface area (Å²) >= 11 is 0. The van der Waals surface area contributed by atoms with Crippen LogP contribution >= 0.6 is 0 Å². The summed E-state index contributed by atoms with van der Waals surface area (Å²) in [7, 11) is 3.19. The summed E-state index contributed by atoms with van der Waals surface area (Å²) in [6.07, 6.45) is 4.25. The van der Waals surface area contributed by atoms with Crippen LogP contribution in [0.4, 0.5) is 11.4 Å². The van der Waals surface area contributed by atoms with E-state index in [4.69, 9.17) is 19.9 Å². The Labute approximate surface area is 226 Å². The number of nitrogens with two attached hydrogens (primary N) is 1. The molecule has 7 heteroatoms. The Kier molecular flexibility index (Phi) is 9.13. The predicted octanol–water partition coefficient (Wildman–Crippen LogP) is 6.13. The summed E-state index contributed by atoms with van der Waals surface area (Å²) in [6.45, 7) is 12.0. The molecular formula is C31H42N2O5. The molecule has 1 amide bonds. The number of rotatable bonds is 10. The second-order valence-electron chi connectivity index (χ2n) is 11.3. The minimum Gasteiger partial charge on any atom is -0.496 e. The lowest BCUT2D eigenvalue weighted by molar-refractivity contribution is -0.116. The van der Waals surface area contributed by atoms with Gasteiger partial charge in [-0.25, -0.2) is 0 Å². The quantitative estimate of drug-likeness (QED) is 0.288. The van der Waals surface area contributed by atoms with Gasteiger partial charge < -0.3 is 25.3 Å². The first-order chi connectivity index (χ1) is 17.9. The fourth-order valence-electron chi connectivity index (χ4n) is 4.64. The number of carbonyl (C=O) groups excluding carboxylic acids is 2. The maximum atomic E-state index is 13.2. The van der Waals surface area contributed by atoms with Crippen molar-refractivity contribution in [3.63, 3.8) is 0 Å². The van der Waals surface area contributed by atoms with E-state index in [-0.39, 0.29) is 23.6 Å². The molecule has 0 spiro atoms. The van der Waals surface area contributed by atoms with Gasteiger partial charge in [0.2, 0.25) is 0 Å². The SMILES string of the molecule is CCc1cc(CC(C)C)c(NC(=O)C2=CCC(Cc3cc(C(=O)C(C)(C)C)c(N)cc3OC)O2)c(OC)c1. The van der Waals surface area contributed by atoms with Gasteiger partial charge in [0.15, 0.2) is 11.5 Å². The Morgan fingerprint density at radius 1 is 1.08 bits per heavy atom. The van der Waals surface area contributed by atoms with Gasteiger partial charge in [-0.05, 0) is 53.7 Å². The van der Waals surface area contributed by atoms with Crippen molar-refractivity contribution in [1.29, 1.82) is 0 Å². The van der Waals surface area contributed by atoms with E-state index in [1.807, 2.05) is 26.8 Å². The fourth-order valence-corrected chi connectivity index (χ4v) is 4.64. The molecule has 3 N–H and O–H groups in total. The number of amides is 1. The average Bonchev–Trinajstić information content (AvgIpc) is 3.33. The van der Waals surface area contributed by atoms with Gasteiger partial charge in [-0.3, -0.25) is 9.59 Å². The number of methoxy groups -OCH3 is 2. The molecule has 7 nitrogen and oxygen atoms in total. The molecular weight excluding hydrogens is 480 g/mol. The van der Waals surface area contributed by atoms with Gasteiger partial charge in [0.1, 0.15) is 17.6 Å². The molecule has 0 fully saturated rings. The van der Waals surface area contributed by atoms with Crippen molar-refractivity contribution in [2.45, 2.75) is 73.3 Å². The van der Waals surface area contributed by atoms with Gasteiger partial charge >= 0.3 is 0 Å². The van der Waals surface area contributed by atoms with E-state index in [1.54, 1.807) is 32.4 Å². The summed E-state index contributed by atoms with van der Waals surface area (Å²) in [5.41, 5.74) is 10.2. The highest BCUT2D eigenvalue weighted by Crippen LogP contribution is 2.35. The summed E-state index contributed by atoms with van der Waals surface area (Å²) < 4.78 is 17.3. The number of aryl methyl sites for hydroxylation is 1. The van der Waals surface area contributed by atoms with Crippen LogP contribution in [0, 0.1) is 11.3 Å². The van der Waals surface area contributed by atoms with Crippen LogP contribution in [-0.4, -0.2) is 32.0 Å². The molecule has 1 aliphatic rings. The van der Waals surface area contributed by atoms with E-state index in [9.17, 15) is 9.59 Å². The number of ether oxygens (including phenoxy) is 3. The Morgan fingerprint density at radius 3 is 2.34 bits per heavy atom. The largest absolute Gasteiger partial charge is 0.496 e. The third-order valence-corrected chi connectivity index (χ3v) is 6.65. The summed E-state index contributed by atoms with van der Waals surface area (Å²) in [5, 5.41) is 3.04. The number of benzene rings is 2. The molecule has 1 aliphatic heterocycles. The van der Waals surface area contributed by atoms with Gasteiger partial charge in [0.05, 0.1) is 19.9 Å². The first-order valence-corrected chi connectivity index (χ1v) is 13.3. The van der Waals surface area contributed by atoms with Crippen LogP contribution in [0.5, 0.6) is 11.5 Å². The minimum atomic E-state index is -0.568. The zero-order valence-corrected chi connectivity index (χ0v) is 24.0. The number of nitrogens with one attached hydrogen (secondary N) is 1. The molecule has 0 radical (unpaired) electrons. The molecule has 0 aliphatic carbocycles. The van der Waals surface area contributed by atoms with Crippen LogP contribution in [-0.2, 0) is 28.8 Å². The molecule has 0 bridgehead atoms. The number of Topliss-reactive ketones (excluding diaryl/α,β-unsaturated/α-hetero) is 1. The van der Waals surface area contributed by atoms with Crippen LogP contribution in [0.15, 0.2) is 36.1 Å². The summed E-state index contributed by atoms with van der Waals surface area (Å²) in [4.78, 5) is 26.2. The molecule has 1 unspecified atom stereocenters. The number of anilines is 2. The number of carbonyl (C=O) groups is 2. The third kappa shape index (κ3) is 6.69. The molecule has 0 saturated heterocycles. The molecule has 38 heavy (non-hydrogen) atoms. The van der Waals surface area contributed by atoms with Crippen molar-refractivity contribution in [2.75, 3.05) is 25.3 Å². The standard InChI is InChI=1S/C31H42N2O5/c1-9-19-13-21(12-18(2)3)28(27(14-19)37-8)33-30(35)25-11-10-22(38-25)15-20-16-23(29(34)31(4,5)6)24(32)17-26(20)36-7/h11,13-14,16-18,22H,9-10,12,15,32H2,1-8H3,(H,33,35). The van der Waals surface area contributed by atoms with E-state index < -0.39 is 5.41 Å². The van der Waals surface area contributed by atoms with Crippen LogP contribution < -0.4 is 20.5 Å². The van der Waals surface area contributed by atoms with Crippen LogP contribution in [0.3, 0.4) is 0 Å². The van der Waals surface area contributed by atoms with E-state index in [0.717, 1.165) is 29.5 Å². The molecule has 1 heterocycles. The molecule has 0 aromatic heterocycles. The Morgan fingerprint density at radius 2 is 1.76 bits per heavy atom.